The van der Waals surface area contributed by atoms with Crippen LogP contribution in [0.2, 0.25) is 0 Å². The molecule has 10 nitrogen and oxygen atoms in total. The number of ether oxygens (including phenoxy) is 2. The largest absolute Gasteiger partial charge is 0.482 e. The summed E-state index contributed by atoms with van der Waals surface area (Å²) < 4.78 is 18.9. The van der Waals surface area contributed by atoms with Crippen LogP contribution < -0.4 is 15.4 Å². The maximum atomic E-state index is 10.9. The van der Waals surface area contributed by atoms with Gasteiger partial charge in [0.25, 0.3) is 0 Å². The summed E-state index contributed by atoms with van der Waals surface area (Å²) in [5, 5.41) is 22.3. The third-order valence-electron chi connectivity index (χ3n) is 6.48. The van der Waals surface area contributed by atoms with E-state index in [9.17, 15) is 5.11 Å². The van der Waals surface area contributed by atoms with Crippen molar-refractivity contribution < 1.29 is 19.0 Å². The minimum Gasteiger partial charge on any atom is -0.482 e. The van der Waals surface area contributed by atoms with E-state index in [4.69, 9.17) is 19.0 Å². The van der Waals surface area contributed by atoms with Gasteiger partial charge in [0.15, 0.2) is 12.0 Å². The molecule has 2 aliphatic rings. The van der Waals surface area contributed by atoms with E-state index in [1.807, 2.05) is 35.8 Å². The number of aromatic nitrogens is 4. The molecule has 2 saturated heterocycles. The van der Waals surface area contributed by atoms with E-state index >= 15 is 0 Å². The van der Waals surface area contributed by atoms with Gasteiger partial charge in [-0.15, -0.1) is 0 Å². The number of nitrogens with zero attached hydrogens (tertiary/aromatic N) is 4. The van der Waals surface area contributed by atoms with E-state index in [1.165, 1.54) is 6.26 Å². The summed E-state index contributed by atoms with van der Waals surface area (Å²) in [6, 6.07) is 7.77. The Morgan fingerprint density at radius 3 is 2.86 bits per heavy atom. The zero-order valence-electron chi connectivity index (χ0n) is 19.5. The fraction of sp³-hybridized carbons (Fsp3) is 0.400. The van der Waals surface area contributed by atoms with Crippen LogP contribution in [-0.4, -0.2) is 57.1 Å². The molecule has 10 heteroatoms. The standard InChI is InChI=1S/C25H28N6O4/c1-15-8-17(4-7-27-15)25-29-22(14-34-25)24(32)28-21-10-18-9-20(16-2-5-26-6-3-16)30-31(18)11-23(21)35-19-12-33-13-19/h4,7-11,14,16,19,24,26,28,32H,2-3,5-6,12-13H2,1H3. The number of hydrogen-bond acceptors (Lipinski definition) is 9. The topological polar surface area (TPSA) is 119 Å². The Labute approximate surface area is 202 Å². The van der Waals surface area contributed by atoms with Crippen LogP contribution in [-0.2, 0) is 4.74 Å². The van der Waals surface area contributed by atoms with Crippen molar-refractivity contribution in [1.29, 1.82) is 0 Å². The van der Waals surface area contributed by atoms with Gasteiger partial charge in [-0.2, -0.15) is 5.10 Å². The van der Waals surface area contributed by atoms with Gasteiger partial charge in [-0.05, 0) is 57.1 Å². The van der Waals surface area contributed by atoms with Crippen molar-refractivity contribution in [3.63, 3.8) is 0 Å². The number of aliphatic hydroxyl groups is 1. The van der Waals surface area contributed by atoms with Crippen molar-refractivity contribution in [2.24, 2.45) is 0 Å². The van der Waals surface area contributed by atoms with E-state index in [2.05, 4.69) is 26.7 Å². The lowest BCUT2D eigenvalue weighted by atomic mass is 9.95. The van der Waals surface area contributed by atoms with Gasteiger partial charge in [0, 0.05) is 23.4 Å². The van der Waals surface area contributed by atoms with Gasteiger partial charge in [0.05, 0.1) is 36.3 Å². The average molecular weight is 477 g/mol. The molecule has 1 unspecified atom stereocenters. The molecular weight excluding hydrogens is 448 g/mol. The molecule has 0 amide bonds. The summed E-state index contributed by atoms with van der Waals surface area (Å²) in [6.45, 7) is 5.00. The summed E-state index contributed by atoms with van der Waals surface area (Å²) in [7, 11) is 0. The number of rotatable bonds is 7. The Hall–Kier alpha value is -3.47. The number of anilines is 1. The second-order valence-electron chi connectivity index (χ2n) is 9.10. The number of oxazole rings is 1. The van der Waals surface area contributed by atoms with Crippen molar-refractivity contribution in [1.82, 2.24) is 24.9 Å². The van der Waals surface area contributed by atoms with E-state index in [1.54, 1.807) is 6.20 Å². The minimum atomic E-state index is -1.09. The van der Waals surface area contributed by atoms with Gasteiger partial charge in [0.1, 0.15) is 18.1 Å². The summed E-state index contributed by atoms with van der Waals surface area (Å²) in [5.74, 6) is 1.46. The van der Waals surface area contributed by atoms with Gasteiger partial charge in [0.2, 0.25) is 5.89 Å². The van der Waals surface area contributed by atoms with Crippen LogP contribution in [0.15, 0.2) is 47.3 Å². The highest BCUT2D eigenvalue weighted by Crippen LogP contribution is 2.33. The fourth-order valence-electron chi connectivity index (χ4n) is 4.47. The first-order valence-corrected chi connectivity index (χ1v) is 11.9. The quantitative estimate of drug-likeness (QED) is 0.346. The van der Waals surface area contributed by atoms with Gasteiger partial charge in [-0.1, -0.05) is 0 Å². The molecule has 6 heterocycles. The highest BCUT2D eigenvalue weighted by atomic mass is 16.6. The third kappa shape index (κ3) is 4.60. The predicted octanol–water partition coefficient (Wildman–Crippen LogP) is 3.04. The van der Waals surface area contributed by atoms with E-state index in [-0.39, 0.29) is 6.10 Å². The van der Waals surface area contributed by atoms with Crippen LogP contribution in [0.3, 0.4) is 0 Å². The van der Waals surface area contributed by atoms with Crippen LogP contribution in [0.1, 0.15) is 42.1 Å². The molecule has 4 aromatic rings. The molecule has 0 spiro atoms. The molecule has 2 fully saturated rings. The molecule has 0 aromatic carbocycles. The zero-order valence-corrected chi connectivity index (χ0v) is 19.5. The molecule has 1 atom stereocenters. The van der Waals surface area contributed by atoms with Crippen LogP contribution in [0.4, 0.5) is 5.69 Å². The number of pyridine rings is 2. The lowest BCUT2D eigenvalue weighted by molar-refractivity contribution is -0.0796. The molecule has 6 rings (SSSR count). The molecule has 3 N–H and O–H groups in total. The smallest absolute Gasteiger partial charge is 0.226 e. The maximum absolute atomic E-state index is 10.9. The van der Waals surface area contributed by atoms with Crippen LogP contribution in [0.5, 0.6) is 5.75 Å². The molecule has 0 aliphatic carbocycles. The summed E-state index contributed by atoms with van der Waals surface area (Å²) in [5.41, 5.74) is 4.69. The summed E-state index contributed by atoms with van der Waals surface area (Å²) >= 11 is 0. The van der Waals surface area contributed by atoms with Crippen molar-refractivity contribution in [3.8, 4) is 17.2 Å². The van der Waals surface area contributed by atoms with Crippen molar-refractivity contribution in [2.45, 2.75) is 38.0 Å². The predicted molar refractivity (Wildman–Crippen MR) is 128 cm³/mol. The van der Waals surface area contributed by atoms with E-state index in [0.717, 1.165) is 48.4 Å². The minimum absolute atomic E-state index is 0.0295. The number of piperidine rings is 1. The monoisotopic (exact) mass is 476 g/mol. The SMILES string of the molecule is Cc1cc(-c2nc(C(O)Nc3cc4cc(C5CCNCC5)nn4cc3OC3COC3)co2)ccn1. The number of nitrogens with one attached hydrogen (secondary N) is 2. The first-order valence-electron chi connectivity index (χ1n) is 11.9. The van der Waals surface area contributed by atoms with Crippen molar-refractivity contribution in [2.75, 3.05) is 31.6 Å². The van der Waals surface area contributed by atoms with E-state index < -0.39 is 6.23 Å². The second-order valence-corrected chi connectivity index (χ2v) is 9.10. The second kappa shape index (κ2) is 9.29. The molecule has 0 radical (unpaired) electrons. The van der Waals surface area contributed by atoms with Crippen LogP contribution in [0, 0.1) is 6.92 Å². The average Bonchev–Trinajstić information content (AvgIpc) is 3.49. The molecule has 182 valence electrons. The third-order valence-corrected chi connectivity index (χ3v) is 6.48. The molecule has 2 aliphatic heterocycles. The first-order chi connectivity index (χ1) is 17.1. The van der Waals surface area contributed by atoms with Gasteiger partial charge in [-0.25, -0.2) is 9.50 Å². The number of hydrogen-bond donors (Lipinski definition) is 3. The molecule has 4 aromatic heterocycles. The Kier molecular flexibility index (Phi) is 5.85. The number of fused-ring (bicyclic) bond motifs is 1. The lowest BCUT2D eigenvalue weighted by Gasteiger charge is -2.28. The number of aryl methyl sites for hydroxylation is 1. The highest BCUT2D eigenvalue weighted by Gasteiger charge is 2.25. The summed E-state index contributed by atoms with van der Waals surface area (Å²) in [6.07, 6.45) is 6.04. The van der Waals surface area contributed by atoms with Crippen molar-refractivity contribution in [3.05, 3.63) is 60.0 Å². The Morgan fingerprint density at radius 2 is 2.09 bits per heavy atom. The van der Waals surface area contributed by atoms with E-state index in [0.29, 0.717) is 42.2 Å². The Balaban J connectivity index is 1.28. The van der Waals surface area contributed by atoms with Gasteiger partial charge < -0.3 is 29.6 Å². The van der Waals surface area contributed by atoms with Gasteiger partial charge in [-0.3, -0.25) is 4.98 Å². The molecule has 0 bridgehead atoms. The highest BCUT2D eigenvalue weighted by molar-refractivity contribution is 5.66. The summed E-state index contributed by atoms with van der Waals surface area (Å²) in [4.78, 5) is 8.67. The fourth-order valence-corrected chi connectivity index (χ4v) is 4.47. The lowest BCUT2D eigenvalue weighted by Crippen LogP contribution is -2.38. The van der Waals surface area contributed by atoms with Crippen LogP contribution >= 0.6 is 0 Å². The molecular formula is C25H28N6O4. The van der Waals surface area contributed by atoms with Crippen LogP contribution in [0.25, 0.3) is 17.0 Å². The zero-order chi connectivity index (χ0) is 23.8. The Bertz CT molecular complexity index is 1320. The van der Waals surface area contributed by atoms with Gasteiger partial charge >= 0.3 is 0 Å². The molecule has 35 heavy (non-hydrogen) atoms. The first kappa shape index (κ1) is 22.0. The maximum Gasteiger partial charge on any atom is 0.226 e. The Morgan fingerprint density at radius 1 is 1.23 bits per heavy atom. The molecule has 0 saturated carbocycles. The number of aliphatic hydroxyl groups excluding tert-OH is 1. The van der Waals surface area contributed by atoms with Crippen molar-refractivity contribution >= 4 is 11.2 Å². The normalized spacial score (nSPS) is 17.9.